The van der Waals surface area contributed by atoms with Crippen LogP contribution in [-0.4, -0.2) is 17.4 Å². The van der Waals surface area contributed by atoms with Gasteiger partial charge in [-0.05, 0) is 50.1 Å². The predicted octanol–water partition coefficient (Wildman–Crippen LogP) is 2.87. The van der Waals surface area contributed by atoms with Crippen LogP contribution in [0.5, 0.6) is 17.2 Å². The fraction of sp³-hybridized carbons (Fsp3) is 0. The van der Waals surface area contributed by atoms with Crippen molar-refractivity contribution in [1.29, 1.82) is 0 Å². The summed E-state index contributed by atoms with van der Waals surface area (Å²) in [5.74, 6) is 1.04. The van der Waals surface area contributed by atoms with E-state index in [9.17, 15) is 28.4 Å². The summed E-state index contributed by atoms with van der Waals surface area (Å²) in [4.78, 5) is 30.0. The molecule has 0 saturated carbocycles. The zero-order valence-corrected chi connectivity index (χ0v) is 19.6. The number of rotatable bonds is 6. The topological polar surface area (TPSA) is 148 Å². The Kier molecular flexibility index (Phi) is 16.2. The fourth-order valence-electron chi connectivity index (χ4n) is 1.70. The normalized spacial score (nSPS) is 10.4. The van der Waals surface area contributed by atoms with Crippen LogP contribution in [0.1, 0.15) is 0 Å². The maximum atomic E-state index is 9.98. The maximum Gasteiger partial charge on any atom is 3.00 e. The maximum absolute atomic E-state index is 9.98. The average molecular weight is 495 g/mol. The van der Waals surface area contributed by atoms with E-state index in [-0.39, 0.29) is 17.4 Å². The fourth-order valence-corrected chi connectivity index (χ4v) is 2.58. The van der Waals surface area contributed by atoms with Crippen LogP contribution in [0.4, 0.5) is 0 Å². The van der Waals surface area contributed by atoms with Gasteiger partial charge >= 0.3 is 42.1 Å². The van der Waals surface area contributed by atoms with Crippen molar-refractivity contribution < 1.29 is 41.9 Å². The third-order valence-corrected chi connectivity index (χ3v) is 3.85. The first-order valence-corrected chi connectivity index (χ1v) is 11.3. The molecule has 3 rings (SSSR count). The smallest absolute Gasteiger partial charge is 0.558 e. The average Bonchev–Trinajstić information content (AvgIpc) is 2.70. The molecule has 3 unspecified atom stereocenters. The molecular weight excluding hydrogens is 480 g/mol. The molecule has 3 aromatic carbocycles. The molecule has 0 N–H and O–H groups in total. The molecule has 0 bridgehead atoms. The number of para-hydroxylation sites is 3. The molecule has 0 aliphatic carbocycles. The van der Waals surface area contributed by atoms with Gasteiger partial charge in [0, 0.05) is 0 Å². The van der Waals surface area contributed by atoms with Gasteiger partial charge in [0.25, 0.3) is 0 Å². The molecular formula is C18H15AlO9P3+3. The van der Waals surface area contributed by atoms with E-state index in [1.165, 1.54) is 0 Å². The van der Waals surface area contributed by atoms with Gasteiger partial charge in [0.2, 0.25) is 0 Å². The summed E-state index contributed by atoms with van der Waals surface area (Å²) in [7, 11) is -8.33. The molecule has 31 heavy (non-hydrogen) atoms. The molecule has 0 aliphatic heterocycles. The zero-order valence-electron chi connectivity index (χ0n) is 15.8. The van der Waals surface area contributed by atoms with Gasteiger partial charge in [-0.25, -0.2) is 0 Å². The summed E-state index contributed by atoms with van der Waals surface area (Å²) >= 11 is 0. The van der Waals surface area contributed by atoms with Crippen LogP contribution >= 0.6 is 24.8 Å². The molecule has 0 fully saturated rings. The Morgan fingerprint density at radius 1 is 0.452 bits per heavy atom. The van der Waals surface area contributed by atoms with Crippen molar-refractivity contribution in [3.05, 3.63) is 91.0 Å². The van der Waals surface area contributed by atoms with Crippen LogP contribution < -0.4 is 28.3 Å². The summed E-state index contributed by atoms with van der Waals surface area (Å²) in [5, 5.41) is 0. The van der Waals surface area contributed by atoms with Gasteiger partial charge < -0.3 is 14.7 Å². The van der Waals surface area contributed by atoms with Crippen LogP contribution in [0.15, 0.2) is 91.0 Å². The SMILES string of the molecule is O=[P+]([O-])Oc1ccccc1.O=[P+]([O-])Oc1ccccc1.O=[P+]([O-])Oc1ccccc1.[Al+3]. The van der Waals surface area contributed by atoms with Gasteiger partial charge in [-0.2, -0.15) is 0 Å². The molecule has 0 amide bonds. The van der Waals surface area contributed by atoms with Gasteiger partial charge in [-0.15, -0.1) is 0 Å². The molecule has 0 aliphatic rings. The van der Waals surface area contributed by atoms with Crippen molar-refractivity contribution in [2.45, 2.75) is 0 Å². The quantitative estimate of drug-likeness (QED) is 0.372. The first-order chi connectivity index (χ1) is 14.4. The largest absolute Gasteiger partial charge is 3.00 e. The van der Waals surface area contributed by atoms with Gasteiger partial charge in [0.1, 0.15) is 0 Å². The Bertz CT molecular complexity index is 794. The van der Waals surface area contributed by atoms with E-state index in [2.05, 4.69) is 13.6 Å². The molecule has 0 heterocycles. The Hall–Kier alpha value is -2.23. The van der Waals surface area contributed by atoms with Gasteiger partial charge in [-0.3, -0.25) is 13.6 Å². The number of benzene rings is 3. The molecule has 3 aromatic rings. The first-order valence-electron chi connectivity index (χ1n) is 7.99. The van der Waals surface area contributed by atoms with Crippen molar-refractivity contribution in [1.82, 2.24) is 0 Å². The molecule has 9 nitrogen and oxygen atoms in total. The van der Waals surface area contributed by atoms with E-state index in [1.807, 2.05) is 0 Å². The Morgan fingerprint density at radius 2 is 0.645 bits per heavy atom. The Balaban J connectivity index is 0.000000429. The Labute approximate surface area is 192 Å². The van der Waals surface area contributed by atoms with Crippen LogP contribution in [0.2, 0.25) is 0 Å². The van der Waals surface area contributed by atoms with Crippen molar-refractivity contribution in [2.75, 3.05) is 0 Å². The van der Waals surface area contributed by atoms with Crippen molar-refractivity contribution >= 4 is 42.1 Å². The summed E-state index contributed by atoms with van der Waals surface area (Å²) in [6, 6.07) is 25.0. The van der Waals surface area contributed by atoms with Crippen molar-refractivity contribution in [3.8, 4) is 17.2 Å². The van der Waals surface area contributed by atoms with E-state index in [0.717, 1.165) is 0 Å². The zero-order chi connectivity index (χ0) is 22.2. The minimum atomic E-state index is -2.78. The van der Waals surface area contributed by atoms with E-state index in [4.69, 9.17) is 0 Å². The van der Waals surface area contributed by atoms with E-state index in [1.54, 1.807) is 91.0 Å². The molecule has 0 spiro atoms. The summed E-state index contributed by atoms with van der Waals surface area (Å²) < 4.78 is 43.1. The Morgan fingerprint density at radius 3 is 0.806 bits per heavy atom. The summed E-state index contributed by atoms with van der Waals surface area (Å²) in [5.41, 5.74) is 0. The number of hydrogen-bond donors (Lipinski definition) is 0. The van der Waals surface area contributed by atoms with Crippen LogP contribution in [0.3, 0.4) is 0 Å². The van der Waals surface area contributed by atoms with Gasteiger partial charge in [-0.1, -0.05) is 54.6 Å². The summed E-state index contributed by atoms with van der Waals surface area (Å²) in [6.07, 6.45) is 0. The second-order valence-corrected chi connectivity index (χ2v) is 6.77. The molecule has 13 heteroatoms. The van der Waals surface area contributed by atoms with Crippen molar-refractivity contribution in [2.24, 2.45) is 0 Å². The monoisotopic (exact) mass is 495 g/mol. The second-order valence-electron chi connectivity index (χ2n) is 4.88. The van der Waals surface area contributed by atoms with Gasteiger partial charge in [0.05, 0.1) is 0 Å². The third-order valence-electron chi connectivity index (χ3n) is 2.77. The molecule has 156 valence electrons. The second kappa shape index (κ2) is 17.5. The van der Waals surface area contributed by atoms with E-state index < -0.39 is 24.8 Å². The minimum absolute atomic E-state index is 0. The van der Waals surface area contributed by atoms with E-state index in [0.29, 0.717) is 17.2 Å². The van der Waals surface area contributed by atoms with Crippen LogP contribution in [0.25, 0.3) is 0 Å². The van der Waals surface area contributed by atoms with Crippen LogP contribution in [0, 0.1) is 0 Å². The van der Waals surface area contributed by atoms with E-state index >= 15 is 0 Å². The third kappa shape index (κ3) is 16.2. The summed E-state index contributed by atoms with van der Waals surface area (Å²) in [6.45, 7) is 0. The molecule has 0 aromatic heterocycles. The molecule has 3 atom stereocenters. The first kappa shape index (κ1) is 28.8. The predicted molar refractivity (Wildman–Crippen MR) is 110 cm³/mol. The van der Waals surface area contributed by atoms with Gasteiger partial charge in [0.15, 0.2) is 17.2 Å². The number of hydrogen-bond acceptors (Lipinski definition) is 9. The standard InChI is InChI=1S/3C6H5O3P.Al/c3*7-10(8)9-6-4-2-1-3-5-6;/h3*1-5H;/q;;;+3. The molecule has 0 saturated heterocycles. The minimum Gasteiger partial charge on any atom is -0.558 e. The van der Waals surface area contributed by atoms with Crippen molar-refractivity contribution in [3.63, 3.8) is 0 Å². The molecule has 0 radical (unpaired) electrons. The van der Waals surface area contributed by atoms with Crippen LogP contribution in [-0.2, 0) is 13.7 Å².